The van der Waals surface area contributed by atoms with Crippen molar-refractivity contribution in [3.8, 4) is 10.6 Å². The highest BCUT2D eigenvalue weighted by molar-refractivity contribution is 7.17. The molecule has 168 valence electrons. The quantitative estimate of drug-likeness (QED) is 0.636. The van der Waals surface area contributed by atoms with Crippen LogP contribution in [-0.4, -0.2) is 64.5 Å². The van der Waals surface area contributed by atoms with E-state index in [0.717, 1.165) is 21.8 Å². The fourth-order valence-electron chi connectivity index (χ4n) is 3.83. The summed E-state index contributed by atoms with van der Waals surface area (Å²) >= 11 is 1.45. The first-order valence-corrected chi connectivity index (χ1v) is 11.4. The molecule has 2 amide bonds. The number of nitrogens with one attached hydrogen (secondary N) is 1. The van der Waals surface area contributed by atoms with Gasteiger partial charge in [0.05, 0.1) is 12.2 Å². The maximum Gasteiger partial charge on any atom is 0.265 e. The molecule has 0 bridgehead atoms. The molecule has 9 heteroatoms. The third-order valence-corrected chi connectivity index (χ3v) is 6.70. The van der Waals surface area contributed by atoms with E-state index in [1.54, 1.807) is 13.0 Å². The van der Waals surface area contributed by atoms with Crippen LogP contribution >= 0.6 is 11.3 Å². The SMILES string of the molecule is Cc1ccc(-c2nc(C)c(C(=O)N3CCN(CC(=O)Nc4cc(C)on4)CC3)s2)c(C)c1. The number of amides is 2. The van der Waals surface area contributed by atoms with Crippen molar-refractivity contribution >= 4 is 29.0 Å². The summed E-state index contributed by atoms with van der Waals surface area (Å²) in [5.74, 6) is 0.931. The number of rotatable bonds is 5. The minimum Gasteiger partial charge on any atom is -0.360 e. The van der Waals surface area contributed by atoms with Gasteiger partial charge in [-0.05, 0) is 33.3 Å². The summed E-state index contributed by atoms with van der Waals surface area (Å²) in [5.41, 5.74) is 4.20. The summed E-state index contributed by atoms with van der Waals surface area (Å²) in [4.78, 5) is 34.6. The van der Waals surface area contributed by atoms with E-state index in [0.29, 0.717) is 42.6 Å². The van der Waals surface area contributed by atoms with Crippen LogP contribution in [-0.2, 0) is 4.79 Å². The molecule has 0 spiro atoms. The topological polar surface area (TPSA) is 91.6 Å². The number of nitrogens with zero attached hydrogens (tertiary/aromatic N) is 4. The summed E-state index contributed by atoms with van der Waals surface area (Å²) in [6.45, 7) is 10.5. The van der Waals surface area contributed by atoms with E-state index in [1.807, 2.05) is 16.7 Å². The number of carbonyl (C=O) groups is 2. The first kappa shape index (κ1) is 22.2. The average Bonchev–Trinajstić information content (AvgIpc) is 3.33. The molecule has 4 rings (SSSR count). The minimum absolute atomic E-state index is 0.0122. The molecule has 0 unspecified atom stereocenters. The maximum atomic E-state index is 13.2. The lowest BCUT2D eigenvalue weighted by Crippen LogP contribution is -2.50. The Morgan fingerprint density at radius 2 is 1.84 bits per heavy atom. The molecule has 1 aliphatic heterocycles. The van der Waals surface area contributed by atoms with Crippen molar-refractivity contribution in [2.75, 3.05) is 38.0 Å². The number of carbonyl (C=O) groups excluding carboxylic acids is 2. The van der Waals surface area contributed by atoms with Crippen molar-refractivity contribution in [3.05, 3.63) is 51.7 Å². The van der Waals surface area contributed by atoms with Gasteiger partial charge in [-0.1, -0.05) is 28.9 Å². The first-order chi connectivity index (χ1) is 15.3. The molecule has 1 N–H and O–H groups in total. The molecule has 0 atom stereocenters. The average molecular weight is 454 g/mol. The Morgan fingerprint density at radius 3 is 2.50 bits per heavy atom. The highest BCUT2D eigenvalue weighted by Crippen LogP contribution is 2.31. The highest BCUT2D eigenvalue weighted by atomic mass is 32.1. The van der Waals surface area contributed by atoms with Crippen molar-refractivity contribution in [3.63, 3.8) is 0 Å². The second-order valence-electron chi connectivity index (χ2n) is 8.19. The number of thiazole rings is 1. The lowest BCUT2D eigenvalue weighted by atomic mass is 10.1. The van der Waals surface area contributed by atoms with Crippen LogP contribution in [0.4, 0.5) is 5.82 Å². The van der Waals surface area contributed by atoms with Gasteiger partial charge in [-0.15, -0.1) is 11.3 Å². The minimum atomic E-state index is -0.144. The molecule has 1 fully saturated rings. The summed E-state index contributed by atoms with van der Waals surface area (Å²) < 4.78 is 4.96. The molecule has 2 aromatic heterocycles. The van der Waals surface area contributed by atoms with Gasteiger partial charge in [0.15, 0.2) is 5.82 Å². The van der Waals surface area contributed by atoms with Gasteiger partial charge in [-0.25, -0.2) is 4.98 Å². The monoisotopic (exact) mass is 453 g/mol. The lowest BCUT2D eigenvalue weighted by Gasteiger charge is -2.34. The molecule has 3 aromatic rings. The number of piperazine rings is 1. The zero-order chi connectivity index (χ0) is 22.8. The molecule has 0 radical (unpaired) electrons. The van der Waals surface area contributed by atoms with Gasteiger partial charge < -0.3 is 14.7 Å². The fourth-order valence-corrected chi connectivity index (χ4v) is 4.95. The van der Waals surface area contributed by atoms with Gasteiger partial charge in [-0.3, -0.25) is 14.5 Å². The van der Waals surface area contributed by atoms with Gasteiger partial charge in [0.2, 0.25) is 5.91 Å². The van der Waals surface area contributed by atoms with Crippen molar-refractivity contribution < 1.29 is 14.1 Å². The smallest absolute Gasteiger partial charge is 0.265 e. The van der Waals surface area contributed by atoms with Crippen LogP contribution in [0.1, 0.15) is 32.3 Å². The van der Waals surface area contributed by atoms with E-state index in [2.05, 4.69) is 47.5 Å². The number of anilines is 1. The molecular formula is C23H27N5O3S. The third kappa shape index (κ3) is 4.89. The Bertz CT molecular complexity index is 1140. The molecule has 3 heterocycles. The van der Waals surface area contributed by atoms with Crippen LogP contribution in [0.15, 0.2) is 28.8 Å². The summed E-state index contributed by atoms with van der Waals surface area (Å²) in [6.07, 6.45) is 0. The van der Waals surface area contributed by atoms with E-state index >= 15 is 0 Å². The fraction of sp³-hybridized carbons (Fsp3) is 0.391. The van der Waals surface area contributed by atoms with Crippen LogP contribution in [0.2, 0.25) is 0 Å². The van der Waals surface area contributed by atoms with Crippen LogP contribution in [0, 0.1) is 27.7 Å². The van der Waals surface area contributed by atoms with E-state index in [-0.39, 0.29) is 18.4 Å². The normalized spacial score (nSPS) is 14.6. The summed E-state index contributed by atoms with van der Waals surface area (Å²) in [7, 11) is 0. The van der Waals surface area contributed by atoms with Gasteiger partial charge >= 0.3 is 0 Å². The molecule has 1 saturated heterocycles. The predicted molar refractivity (Wildman–Crippen MR) is 124 cm³/mol. The molecular weight excluding hydrogens is 426 g/mol. The number of aromatic nitrogens is 2. The van der Waals surface area contributed by atoms with E-state index in [1.165, 1.54) is 16.9 Å². The van der Waals surface area contributed by atoms with Crippen LogP contribution < -0.4 is 5.32 Å². The Labute approximate surface area is 191 Å². The van der Waals surface area contributed by atoms with E-state index in [9.17, 15) is 9.59 Å². The molecule has 0 aliphatic carbocycles. The number of benzene rings is 1. The zero-order valence-corrected chi connectivity index (χ0v) is 19.6. The van der Waals surface area contributed by atoms with Crippen LogP contribution in [0.3, 0.4) is 0 Å². The van der Waals surface area contributed by atoms with Gasteiger partial charge in [0, 0.05) is 37.8 Å². The Hall–Kier alpha value is -3.04. The largest absolute Gasteiger partial charge is 0.360 e. The Balaban J connectivity index is 1.35. The van der Waals surface area contributed by atoms with Crippen molar-refractivity contribution in [1.29, 1.82) is 0 Å². The van der Waals surface area contributed by atoms with Crippen molar-refractivity contribution in [2.24, 2.45) is 0 Å². The highest BCUT2D eigenvalue weighted by Gasteiger charge is 2.26. The van der Waals surface area contributed by atoms with E-state index < -0.39 is 0 Å². The van der Waals surface area contributed by atoms with Crippen LogP contribution in [0.25, 0.3) is 10.6 Å². The standard InChI is InChI=1S/C23H27N5O3S/c1-14-5-6-18(15(2)11-14)22-24-17(4)21(32-22)23(30)28-9-7-27(8-10-28)13-20(29)25-19-12-16(3)31-26-19/h5-6,11-12H,7-10,13H2,1-4H3,(H,25,26,29). The lowest BCUT2D eigenvalue weighted by molar-refractivity contribution is -0.117. The van der Waals surface area contributed by atoms with Gasteiger partial charge in [0.25, 0.3) is 5.91 Å². The molecule has 32 heavy (non-hydrogen) atoms. The molecule has 8 nitrogen and oxygen atoms in total. The third-order valence-electron chi connectivity index (χ3n) is 5.53. The second kappa shape index (κ2) is 9.22. The zero-order valence-electron chi connectivity index (χ0n) is 18.8. The van der Waals surface area contributed by atoms with Crippen molar-refractivity contribution in [1.82, 2.24) is 19.9 Å². The molecule has 0 saturated carbocycles. The number of hydrogen-bond donors (Lipinski definition) is 1. The summed E-state index contributed by atoms with van der Waals surface area (Å²) in [6, 6.07) is 7.95. The second-order valence-corrected chi connectivity index (χ2v) is 9.19. The maximum absolute atomic E-state index is 13.2. The number of hydrogen-bond acceptors (Lipinski definition) is 7. The molecule has 1 aliphatic rings. The van der Waals surface area contributed by atoms with Gasteiger partial charge in [-0.2, -0.15) is 0 Å². The molecule has 1 aromatic carbocycles. The van der Waals surface area contributed by atoms with Gasteiger partial charge in [0.1, 0.15) is 15.6 Å². The Kier molecular flexibility index (Phi) is 6.38. The predicted octanol–water partition coefficient (Wildman–Crippen LogP) is 3.43. The Morgan fingerprint density at radius 1 is 1.09 bits per heavy atom. The first-order valence-electron chi connectivity index (χ1n) is 10.6. The van der Waals surface area contributed by atoms with Crippen molar-refractivity contribution in [2.45, 2.75) is 27.7 Å². The van der Waals surface area contributed by atoms with Crippen LogP contribution in [0.5, 0.6) is 0 Å². The number of aryl methyl sites for hydroxylation is 4. The summed E-state index contributed by atoms with van der Waals surface area (Å²) in [5, 5.41) is 7.38. The van der Waals surface area contributed by atoms with E-state index in [4.69, 9.17) is 4.52 Å².